The van der Waals surface area contributed by atoms with Gasteiger partial charge in [0.2, 0.25) is 0 Å². The lowest BCUT2D eigenvalue weighted by atomic mass is 10.4. The number of fused-ring (bicyclic) bond motifs is 1. The lowest BCUT2D eigenvalue weighted by Crippen LogP contribution is -2.13. The normalized spacial score (nSPS) is 13.3. The maximum atomic E-state index is 12.0. The van der Waals surface area contributed by atoms with Crippen molar-refractivity contribution in [3.05, 3.63) is 24.2 Å². The molecule has 0 aromatic carbocycles. The van der Waals surface area contributed by atoms with E-state index in [1.54, 1.807) is 23.8 Å². The minimum Gasteiger partial charge on any atom is -0.374 e. The van der Waals surface area contributed by atoms with E-state index in [0.717, 1.165) is 5.52 Å². The fourth-order valence-corrected chi connectivity index (χ4v) is 1.99. The first kappa shape index (κ1) is 14.1. The largest absolute Gasteiger partial charge is 0.374 e. The smallest absolute Gasteiger partial charge is 0.261 e. The van der Waals surface area contributed by atoms with Crippen LogP contribution in [0.1, 0.15) is 18.1 Å². The SMILES string of the molecule is CC(Cl)c1nc2cccnc2n1CCOCC(F)F. The van der Waals surface area contributed by atoms with Crippen molar-refractivity contribution in [1.29, 1.82) is 0 Å². The molecule has 1 atom stereocenters. The molecule has 0 amide bonds. The second kappa shape index (κ2) is 6.25. The number of alkyl halides is 3. The van der Waals surface area contributed by atoms with Crippen LogP contribution in [0, 0.1) is 0 Å². The molecule has 0 radical (unpaired) electrons. The molecule has 0 spiro atoms. The molecule has 2 aromatic heterocycles. The summed E-state index contributed by atoms with van der Waals surface area (Å²) in [5.74, 6) is 0.663. The molecule has 4 nitrogen and oxygen atoms in total. The molecule has 0 saturated carbocycles. The Hall–Kier alpha value is -1.27. The van der Waals surface area contributed by atoms with Gasteiger partial charge in [-0.05, 0) is 19.1 Å². The number of ether oxygens (including phenoxy) is 1. The van der Waals surface area contributed by atoms with Crippen molar-refractivity contribution in [2.75, 3.05) is 13.2 Å². The van der Waals surface area contributed by atoms with Gasteiger partial charge < -0.3 is 9.30 Å². The summed E-state index contributed by atoms with van der Waals surface area (Å²) in [7, 11) is 0. The Balaban J connectivity index is 2.17. The summed E-state index contributed by atoms with van der Waals surface area (Å²) in [6, 6.07) is 3.62. The average Bonchev–Trinajstić information content (AvgIpc) is 2.73. The van der Waals surface area contributed by atoms with Crippen LogP contribution in [0.5, 0.6) is 0 Å². The second-order valence-corrected chi connectivity index (χ2v) is 4.70. The number of hydrogen-bond acceptors (Lipinski definition) is 3. The first-order valence-electron chi connectivity index (χ1n) is 5.90. The zero-order valence-corrected chi connectivity index (χ0v) is 11.1. The first-order chi connectivity index (χ1) is 9.09. The van der Waals surface area contributed by atoms with E-state index >= 15 is 0 Å². The number of hydrogen-bond donors (Lipinski definition) is 0. The number of pyridine rings is 1. The van der Waals surface area contributed by atoms with E-state index in [1.807, 2.05) is 6.07 Å². The zero-order valence-electron chi connectivity index (χ0n) is 10.4. The van der Waals surface area contributed by atoms with Crippen LogP contribution >= 0.6 is 11.6 Å². The Labute approximate surface area is 114 Å². The van der Waals surface area contributed by atoms with Crippen molar-refractivity contribution in [1.82, 2.24) is 14.5 Å². The molecule has 0 fully saturated rings. The molecular formula is C12H14ClF2N3O. The standard InChI is InChI=1S/C12H14ClF2N3O/c1-8(13)11-17-9-3-2-4-16-12(9)18(11)5-6-19-7-10(14)15/h2-4,8,10H,5-7H2,1H3. The molecule has 2 aromatic rings. The molecule has 0 N–H and O–H groups in total. The molecule has 0 saturated heterocycles. The highest BCUT2D eigenvalue weighted by molar-refractivity contribution is 6.20. The third-order valence-electron chi connectivity index (χ3n) is 2.59. The van der Waals surface area contributed by atoms with E-state index in [2.05, 4.69) is 9.97 Å². The Morgan fingerprint density at radius 2 is 2.26 bits per heavy atom. The summed E-state index contributed by atoms with van der Waals surface area (Å²) in [6.07, 6.45) is -0.799. The van der Waals surface area contributed by atoms with Crippen molar-refractivity contribution < 1.29 is 13.5 Å². The molecule has 1 unspecified atom stereocenters. The van der Waals surface area contributed by atoms with Crippen molar-refractivity contribution in [2.24, 2.45) is 0 Å². The van der Waals surface area contributed by atoms with Crippen LogP contribution in [0.4, 0.5) is 8.78 Å². The molecule has 0 aliphatic carbocycles. The van der Waals surface area contributed by atoms with E-state index in [-0.39, 0.29) is 12.0 Å². The van der Waals surface area contributed by atoms with Gasteiger partial charge in [0.1, 0.15) is 17.9 Å². The number of aromatic nitrogens is 3. The van der Waals surface area contributed by atoms with Gasteiger partial charge in [-0.1, -0.05) is 0 Å². The van der Waals surface area contributed by atoms with Gasteiger partial charge in [0.25, 0.3) is 6.43 Å². The summed E-state index contributed by atoms with van der Waals surface area (Å²) in [5.41, 5.74) is 1.42. The van der Waals surface area contributed by atoms with E-state index in [0.29, 0.717) is 18.0 Å². The fraction of sp³-hybridized carbons (Fsp3) is 0.500. The van der Waals surface area contributed by atoms with Crippen molar-refractivity contribution >= 4 is 22.8 Å². The van der Waals surface area contributed by atoms with Gasteiger partial charge in [-0.25, -0.2) is 18.7 Å². The third-order valence-corrected chi connectivity index (χ3v) is 2.79. The molecule has 0 aliphatic rings. The summed E-state index contributed by atoms with van der Waals surface area (Å²) in [5, 5.41) is -0.288. The predicted octanol–water partition coefficient (Wildman–Crippen LogP) is 3.01. The number of halogens is 3. The molecule has 2 rings (SSSR count). The predicted molar refractivity (Wildman–Crippen MR) is 68.6 cm³/mol. The molecular weight excluding hydrogens is 276 g/mol. The van der Waals surface area contributed by atoms with Crippen LogP contribution in [0.25, 0.3) is 11.2 Å². The van der Waals surface area contributed by atoms with Gasteiger partial charge in [0, 0.05) is 12.7 Å². The van der Waals surface area contributed by atoms with Crippen LogP contribution < -0.4 is 0 Å². The van der Waals surface area contributed by atoms with Crippen molar-refractivity contribution in [3.8, 4) is 0 Å². The first-order valence-corrected chi connectivity index (χ1v) is 6.34. The lowest BCUT2D eigenvalue weighted by Gasteiger charge is -2.10. The number of rotatable bonds is 6. The maximum Gasteiger partial charge on any atom is 0.261 e. The van der Waals surface area contributed by atoms with Crippen LogP contribution in [-0.2, 0) is 11.3 Å². The van der Waals surface area contributed by atoms with Gasteiger partial charge >= 0.3 is 0 Å². The number of nitrogens with zero attached hydrogens (tertiary/aromatic N) is 3. The summed E-state index contributed by atoms with van der Waals surface area (Å²) < 4.78 is 30.7. The Morgan fingerprint density at radius 1 is 1.47 bits per heavy atom. The van der Waals surface area contributed by atoms with E-state index in [1.165, 1.54) is 0 Å². The fourth-order valence-electron chi connectivity index (χ4n) is 1.83. The van der Waals surface area contributed by atoms with Crippen LogP contribution in [0.3, 0.4) is 0 Å². The van der Waals surface area contributed by atoms with E-state index in [9.17, 15) is 8.78 Å². The van der Waals surface area contributed by atoms with Gasteiger partial charge in [0.05, 0.1) is 12.0 Å². The van der Waals surface area contributed by atoms with Crippen molar-refractivity contribution in [3.63, 3.8) is 0 Å². The molecule has 19 heavy (non-hydrogen) atoms. The van der Waals surface area contributed by atoms with Gasteiger partial charge in [0.15, 0.2) is 5.65 Å². The highest BCUT2D eigenvalue weighted by atomic mass is 35.5. The number of imidazole rings is 1. The van der Waals surface area contributed by atoms with Gasteiger partial charge in [-0.15, -0.1) is 11.6 Å². The minimum absolute atomic E-state index is 0.170. The average molecular weight is 290 g/mol. The van der Waals surface area contributed by atoms with Crippen LogP contribution in [-0.4, -0.2) is 34.2 Å². The maximum absolute atomic E-state index is 12.0. The third kappa shape index (κ3) is 3.39. The summed E-state index contributed by atoms with van der Waals surface area (Å²) in [4.78, 5) is 8.63. The molecule has 7 heteroatoms. The molecule has 0 bridgehead atoms. The van der Waals surface area contributed by atoms with E-state index in [4.69, 9.17) is 16.3 Å². The summed E-state index contributed by atoms with van der Waals surface area (Å²) in [6.45, 7) is 1.81. The lowest BCUT2D eigenvalue weighted by molar-refractivity contribution is 0.0148. The van der Waals surface area contributed by atoms with E-state index < -0.39 is 13.0 Å². The zero-order chi connectivity index (χ0) is 13.8. The van der Waals surface area contributed by atoms with Crippen LogP contribution in [0.15, 0.2) is 18.3 Å². The summed E-state index contributed by atoms with van der Waals surface area (Å²) >= 11 is 6.07. The Kier molecular flexibility index (Phi) is 4.66. The molecule has 0 aliphatic heterocycles. The second-order valence-electron chi connectivity index (χ2n) is 4.05. The van der Waals surface area contributed by atoms with Gasteiger partial charge in [-0.2, -0.15) is 0 Å². The molecule has 104 valence electrons. The Bertz CT molecular complexity index is 545. The minimum atomic E-state index is -2.45. The highest BCUT2D eigenvalue weighted by Crippen LogP contribution is 2.23. The Morgan fingerprint density at radius 3 is 2.95 bits per heavy atom. The topological polar surface area (TPSA) is 39.9 Å². The van der Waals surface area contributed by atoms with Crippen LogP contribution in [0.2, 0.25) is 0 Å². The van der Waals surface area contributed by atoms with Gasteiger partial charge in [-0.3, -0.25) is 0 Å². The quantitative estimate of drug-likeness (QED) is 0.606. The molecule has 2 heterocycles. The van der Waals surface area contributed by atoms with Crippen molar-refractivity contribution in [2.45, 2.75) is 25.3 Å². The monoisotopic (exact) mass is 289 g/mol. The highest BCUT2D eigenvalue weighted by Gasteiger charge is 2.15.